The van der Waals surface area contributed by atoms with Gasteiger partial charge >= 0.3 is 11.9 Å². The monoisotopic (exact) mass is 186 g/mol. The van der Waals surface area contributed by atoms with Crippen LogP contribution in [0, 0.1) is 5.41 Å². The molecule has 74 valence electrons. The minimum atomic E-state index is -1.16. The predicted octanol–water partition coefficient (Wildman–Crippen LogP) is 1.22. The summed E-state index contributed by atoms with van der Waals surface area (Å²) in [6.45, 7) is 6.03. The lowest BCUT2D eigenvalue weighted by atomic mass is 9.99. The van der Waals surface area contributed by atoms with Gasteiger partial charge < -0.3 is 9.84 Å². The van der Waals surface area contributed by atoms with Crippen molar-refractivity contribution in [2.24, 2.45) is 5.41 Å². The van der Waals surface area contributed by atoms with Crippen LogP contribution in [-0.4, -0.2) is 23.7 Å². The maximum Gasteiger partial charge on any atom is 0.331 e. The third-order valence-electron chi connectivity index (χ3n) is 1.01. The minimum absolute atomic E-state index is 0.104. The summed E-state index contributed by atoms with van der Waals surface area (Å²) in [4.78, 5) is 20.8. The van der Waals surface area contributed by atoms with Gasteiger partial charge in [-0.3, -0.25) is 0 Å². The molecule has 0 amide bonds. The summed E-state index contributed by atoms with van der Waals surface area (Å²) in [5.41, 5.74) is -0.104. The molecular weight excluding hydrogens is 172 g/mol. The third kappa shape index (κ3) is 8.59. The zero-order chi connectivity index (χ0) is 10.5. The number of carboxylic acids is 1. The Balaban J connectivity index is 3.83. The van der Waals surface area contributed by atoms with E-state index in [0.717, 1.165) is 12.2 Å². The van der Waals surface area contributed by atoms with Gasteiger partial charge in [0, 0.05) is 12.2 Å². The maximum atomic E-state index is 10.8. The molecule has 0 aliphatic carbocycles. The summed E-state index contributed by atoms with van der Waals surface area (Å²) >= 11 is 0. The van der Waals surface area contributed by atoms with Crippen LogP contribution in [0.5, 0.6) is 0 Å². The molecule has 0 fully saturated rings. The van der Waals surface area contributed by atoms with E-state index in [4.69, 9.17) is 9.84 Å². The van der Waals surface area contributed by atoms with Crippen LogP contribution < -0.4 is 0 Å². The molecule has 0 aromatic carbocycles. The van der Waals surface area contributed by atoms with Crippen molar-refractivity contribution in [1.82, 2.24) is 0 Å². The molecule has 4 heteroatoms. The SMILES string of the molecule is CC(C)(C)COC(=O)/C=C/C(=O)O. The Hall–Kier alpha value is -1.32. The third-order valence-corrected chi connectivity index (χ3v) is 1.01. The highest BCUT2D eigenvalue weighted by Gasteiger charge is 2.12. The molecule has 0 aromatic heterocycles. The maximum absolute atomic E-state index is 10.8. The zero-order valence-corrected chi connectivity index (χ0v) is 8.03. The normalized spacial score (nSPS) is 11.6. The first-order valence-electron chi connectivity index (χ1n) is 3.89. The number of hydrogen-bond donors (Lipinski definition) is 1. The number of carbonyl (C=O) groups excluding carboxylic acids is 1. The van der Waals surface area contributed by atoms with Crippen molar-refractivity contribution in [1.29, 1.82) is 0 Å². The number of esters is 1. The Bertz CT molecular complexity index is 222. The van der Waals surface area contributed by atoms with Gasteiger partial charge in [0.1, 0.15) is 0 Å². The first kappa shape index (κ1) is 11.7. The van der Waals surface area contributed by atoms with E-state index < -0.39 is 11.9 Å². The molecule has 0 rings (SSSR count). The Kier molecular flexibility index (Phi) is 4.17. The summed E-state index contributed by atoms with van der Waals surface area (Å²) in [6, 6.07) is 0. The average Bonchev–Trinajstić information content (AvgIpc) is 1.95. The molecule has 0 spiro atoms. The van der Waals surface area contributed by atoms with E-state index >= 15 is 0 Å². The highest BCUT2D eigenvalue weighted by molar-refractivity contribution is 5.90. The molecule has 0 aromatic rings. The van der Waals surface area contributed by atoms with Crippen LogP contribution in [-0.2, 0) is 14.3 Å². The second kappa shape index (κ2) is 4.64. The summed E-state index contributed by atoms with van der Waals surface area (Å²) in [5.74, 6) is -1.79. The van der Waals surface area contributed by atoms with Gasteiger partial charge in [-0.15, -0.1) is 0 Å². The van der Waals surface area contributed by atoms with E-state index in [2.05, 4.69) is 0 Å². The van der Waals surface area contributed by atoms with Gasteiger partial charge in [-0.2, -0.15) is 0 Å². The highest BCUT2D eigenvalue weighted by atomic mass is 16.5. The van der Waals surface area contributed by atoms with Crippen molar-refractivity contribution < 1.29 is 19.4 Å². The lowest BCUT2D eigenvalue weighted by molar-refractivity contribution is -0.141. The fourth-order valence-electron chi connectivity index (χ4n) is 0.475. The van der Waals surface area contributed by atoms with Crippen LogP contribution in [0.3, 0.4) is 0 Å². The first-order valence-corrected chi connectivity index (χ1v) is 3.89. The number of aliphatic carboxylic acids is 1. The Labute approximate surface area is 77.2 Å². The standard InChI is InChI=1S/C9H14O4/c1-9(2,3)6-13-8(12)5-4-7(10)11/h4-5H,6H2,1-3H3,(H,10,11)/b5-4+. The van der Waals surface area contributed by atoms with E-state index in [1.807, 2.05) is 20.8 Å². The van der Waals surface area contributed by atoms with Crippen LogP contribution in [0.15, 0.2) is 12.2 Å². The molecule has 0 heterocycles. The van der Waals surface area contributed by atoms with Gasteiger partial charge in [0.2, 0.25) is 0 Å². The predicted molar refractivity (Wildman–Crippen MR) is 47.2 cm³/mol. The molecule has 1 N–H and O–H groups in total. The Morgan fingerprint density at radius 2 is 1.85 bits per heavy atom. The van der Waals surface area contributed by atoms with Crippen molar-refractivity contribution in [3.63, 3.8) is 0 Å². The molecular formula is C9H14O4. The lowest BCUT2D eigenvalue weighted by Gasteiger charge is -2.16. The van der Waals surface area contributed by atoms with Gasteiger partial charge in [0.05, 0.1) is 6.61 Å². The van der Waals surface area contributed by atoms with Crippen LogP contribution in [0.25, 0.3) is 0 Å². The fraction of sp³-hybridized carbons (Fsp3) is 0.556. The van der Waals surface area contributed by atoms with Gasteiger partial charge in [0.15, 0.2) is 0 Å². The topological polar surface area (TPSA) is 63.6 Å². The number of rotatable bonds is 3. The van der Waals surface area contributed by atoms with Gasteiger partial charge in [-0.25, -0.2) is 9.59 Å². The largest absolute Gasteiger partial charge is 0.478 e. The zero-order valence-electron chi connectivity index (χ0n) is 8.03. The minimum Gasteiger partial charge on any atom is -0.478 e. The molecule has 13 heavy (non-hydrogen) atoms. The summed E-state index contributed by atoms with van der Waals surface area (Å²) in [7, 11) is 0. The summed E-state index contributed by atoms with van der Waals surface area (Å²) < 4.78 is 4.77. The van der Waals surface area contributed by atoms with E-state index in [1.165, 1.54) is 0 Å². The van der Waals surface area contributed by atoms with E-state index in [9.17, 15) is 9.59 Å². The highest BCUT2D eigenvalue weighted by Crippen LogP contribution is 2.12. The average molecular weight is 186 g/mol. The number of hydrogen-bond acceptors (Lipinski definition) is 3. The lowest BCUT2D eigenvalue weighted by Crippen LogP contribution is -2.17. The van der Waals surface area contributed by atoms with Crippen LogP contribution >= 0.6 is 0 Å². The summed E-state index contributed by atoms with van der Waals surface area (Å²) in [6.07, 6.45) is 1.65. The number of carbonyl (C=O) groups is 2. The van der Waals surface area contributed by atoms with Gasteiger partial charge in [-0.1, -0.05) is 20.8 Å². The Morgan fingerprint density at radius 1 is 1.31 bits per heavy atom. The fourth-order valence-corrected chi connectivity index (χ4v) is 0.475. The van der Waals surface area contributed by atoms with Crippen LogP contribution in [0.1, 0.15) is 20.8 Å². The molecule has 0 saturated heterocycles. The number of ether oxygens (including phenoxy) is 1. The van der Waals surface area contributed by atoms with Crippen molar-refractivity contribution in [3.8, 4) is 0 Å². The second-order valence-corrected chi connectivity index (χ2v) is 3.84. The molecule has 0 atom stereocenters. The smallest absolute Gasteiger partial charge is 0.331 e. The van der Waals surface area contributed by atoms with Crippen molar-refractivity contribution in [2.75, 3.05) is 6.61 Å². The Morgan fingerprint density at radius 3 is 2.23 bits per heavy atom. The molecule has 0 aliphatic heterocycles. The van der Waals surface area contributed by atoms with Crippen LogP contribution in [0.4, 0.5) is 0 Å². The molecule has 0 radical (unpaired) electrons. The first-order chi connectivity index (χ1) is 5.81. The summed E-state index contributed by atoms with van der Waals surface area (Å²) in [5, 5.41) is 8.20. The van der Waals surface area contributed by atoms with Crippen molar-refractivity contribution in [2.45, 2.75) is 20.8 Å². The van der Waals surface area contributed by atoms with Gasteiger partial charge in [0.25, 0.3) is 0 Å². The second-order valence-electron chi connectivity index (χ2n) is 3.84. The number of carboxylic acid groups (broad SMARTS) is 1. The van der Waals surface area contributed by atoms with E-state index in [1.54, 1.807) is 0 Å². The molecule has 0 saturated carbocycles. The molecule has 0 unspecified atom stereocenters. The van der Waals surface area contributed by atoms with Crippen molar-refractivity contribution >= 4 is 11.9 Å². The molecule has 0 aliphatic rings. The van der Waals surface area contributed by atoms with Gasteiger partial charge in [-0.05, 0) is 5.41 Å². The molecule has 4 nitrogen and oxygen atoms in total. The molecule has 0 bridgehead atoms. The van der Waals surface area contributed by atoms with E-state index in [-0.39, 0.29) is 12.0 Å². The van der Waals surface area contributed by atoms with Crippen LogP contribution in [0.2, 0.25) is 0 Å². The van der Waals surface area contributed by atoms with Crippen molar-refractivity contribution in [3.05, 3.63) is 12.2 Å². The quantitative estimate of drug-likeness (QED) is 0.531. The van der Waals surface area contributed by atoms with E-state index in [0.29, 0.717) is 0 Å².